The first-order valence-corrected chi connectivity index (χ1v) is 42.8. The van der Waals surface area contributed by atoms with E-state index in [-0.39, 0.29) is 28.9 Å². The van der Waals surface area contributed by atoms with Gasteiger partial charge in [0.15, 0.2) is 0 Å². The molecular formula is C76H86SiZr. The molecule has 0 heterocycles. The summed E-state index contributed by atoms with van der Waals surface area (Å²) in [6.45, 7) is 30.5. The Hall–Kier alpha value is -5.66. The molecular weight excluding hydrogens is 1030 g/mol. The van der Waals surface area contributed by atoms with Gasteiger partial charge in [0.25, 0.3) is 0 Å². The van der Waals surface area contributed by atoms with E-state index in [0.717, 1.165) is 25.7 Å². The van der Waals surface area contributed by atoms with Gasteiger partial charge in [-0.2, -0.15) is 0 Å². The first-order valence-electron chi connectivity index (χ1n) is 29.1. The van der Waals surface area contributed by atoms with Crippen molar-refractivity contribution in [2.24, 2.45) is 0 Å². The van der Waals surface area contributed by atoms with E-state index < -0.39 is 17.4 Å². The second kappa shape index (κ2) is 20.8. The molecule has 0 aliphatic heterocycles. The average Bonchev–Trinajstić information content (AvgIpc) is 4.23. The maximum atomic E-state index is 2.89. The Morgan fingerprint density at radius 1 is 0.321 bits per heavy atom. The Bertz CT molecular complexity index is 3370. The Balaban J connectivity index is 1.26. The minimum atomic E-state index is -4.51. The molecule has 2 unspecified atom stereocenters. The van der Waals surface area contributed by atoms with Crippen LogP contribution < -0.4 is 0 Å². The Kier molecular flexibility index (Phi) is 14.8. The van der Waals surface area contributed by atoms with Crippen molar-refractivity contribution in [3.63, 3.8) is 0 Å². The number of rotatable bonds is 12. The van der Waals surface area contributed by atoms with Crippen molar-refractivity contribution in [3.05, 3.63) is 249 Å². The van der Waals surface area contributed by atoms with Gasteiger partial charge < -0.3 is 0 Å². The molecule has 0 aromatic heterocycles. The van der Waals surface area contributed by atoms with Crippen molar-refractivity contribution in [1.82, 2.24) is 0 Å². The summed E-state index contributed by atoms with van der Waals surface area (Å²) in [4.78, 5) is 0. The summed E-state index contributed by atoms with van der Waals surface area (Å²) in [5, 5.41) is 0. The number of allylic oxidation sites excluding steroid dienone is 2. The Labute approximate surface area is 473 Å². The van der Waals surface area contributed by atoms with Gasteiger partial charge in [-0.25, -0.2) is 0 Å². The standard InChI is InChI=1S/2C37H39.2CH3.H2Si.Zr/c2*1-36(2,3)30-18-14-28(15-19-30)32-22-23-33(29-16-20-31(21-17-29)37(4,5)6)35-25-27(24-34(32)35)13-12-26-10-8-7-9-11-26;;;;/h2*7-11,14-25H,12-13H2,1-6H3;2*1H3;1H2;. The topological polar surface area (TPSA) is 0 Å². The van der Waals surface area contributed by atoms with Gasteiger partial charge in [0.2, 0.25) is 0 Å². The van der Waals surface area contributed by atoms with Crippen LogP contribution in [0, 0.1) is 0 Å². The van der Waals surface area contributed by atoms with E-state index in [1.807, 2.05) is 0 Å². The minimum absolute atomic E-state index is 0.0574. The normalized spacial score (nSPS) is 15.9. The third-order valence-electron chi connectivity index (χ3n) is 17.8. The molecule has 8 aromatic rings. The van der Waals surface area contributed by atoms with E-state index >= 15 is 0 Å². The Morgan fingerprint density at radius 3 is 0.846 bits per heavy atom. The molecule has 2 aliphatic carbocycles. The van der Waals surface area contributed by atoms with Crippen LogP contribution in [0.5, 0.6) is 0 Å². The van der Waals surface area contributed by atoms with E-state index in [9.17, 15) is 0 Å². The van der Waals surface area contributed by atoms with Crippen molar-refractivity contribution in [2.75, 3.05) is 0 Å². The summed E-state index contributed by atoms with van der Waals surface area (Å²) < 4.78 is 6.33. The van der Waals surface area contributed by atoms with Crippen LogP contribution >= 0.6 is 0 Å². The van der Waals surface area contributed by atoms with Gasteiger partial charge in [0.1, 0.15) is 0 Å². The number of fused-ring (bicyclic) bond motifs is 2. The first-order chi connectivity index (χ1) is 36.7. The molecule has 0 amide bonds. The second-order valence-electron chi connectivity index (χ2n) is 28.5. The van der Waals surface area contributed by atoms with E-state index in [1.165, 1.54) is 89.0 Å². The predicted octanol–water partition coefficient (Wildman–Crippen LogP) is 20.7. The zero-order valence-corrected chi connectivity index (χ0v) is 53.5. The van der Waals surface area contributed by atoms with E-state index in [0.29, 0.717) is 0 Å². The number of hydrogen-bond donors (Lipinski definition) is 0. The van der Waals surface area contributed by atoms with Gasteiger partial charge >= 0.3 is 477 Å². The second-order valence-corrected chi connectivity index (χ2v) is 59.0. The van der Waals surface area contributed by atoms with Crippen molar-refractivity contribution < 1.29 is 17.4 Å². The SMILES string of the molecule is CC(C)(C)c1ccc(-c2ccc(-c3ccc(C(C)(C)C)cc3)c3c2C=C(CCc2ccccc2)[CH]3[Zr]([CH3])([CH3])(=[SiH2])[CH]2C(CCc3ccccc3)=Cc3c(-c4ccc(C(C)(C)C)cc4)ccc(-c4ccc(C(C)(C)C)cc4)c32)cc1. The van der Waals surface area contributed by atoms with Gasteiger partial charge in [-0.15, -0.1) is 0 Å². The summed E-state index contributed by atoms with van der Waals surface area (Å²) >= 11 is -4.51. The van der Waals surface area contributed by atoms with Gasteiger partial charge in [-0.05, 0) is 0 Å². The van der Waals surface area contributed by atoms with Crippen LogP contribution in [0.3, 0.4) is 0 Å². The third kappa shape index (κ3) is 11.1. The van der Waals surface area contributed by atoms with Crippen LogP contribution in [0.1, 0.15) is 159 Å². The van der Waals surface area contributed by atoms with Crippen molar-refractivity contribution in [3.8, 4) is 44.5 Å². The van der Waals surface area contributed by atoms with E-state index in [2.05, 4.69) is 293 Å². The summed E-state index contributed by atoms with van der Waals surface area (Å²) in [7, 11) is 0. The molecule has 0 saturated heterocycles. The monoisotopic (exact) mass is 1120 g/mol. The van der Waals surface area contributed by atoms with Crippen LogP contribution in [0.25, 0.3) is 56.7 Å². The first kappa shape index (κ1) is 55.6. The van der Waals surface area contributed by atoms with E-state index in [4.69, 9.17) is 0 Å². The average molecular weight is 1120 g/mol. The van der Waals surface area contributed by atoms with Gasteiger partial charge in [0.05, 0.1) is 0 Å². The Morgan fingerprint density at radius 2 is 0.577 bits per heavy atom. The van der Waals surface area contributed by atoms with Crippen LogP contribution in [0.4, 0.5) is 0 Å². The summed E-state index contributed by atoms with van der Waals surface area (Å²) in [5.74, 6) is 0. The summed E-state index contributed by atoms with van der Waals surface area (Å²) in [5.41, 5.74) is 28.5. The molecule has 2 aliphatic rings. The molecule has 10 rings (SSSR count). The molecule has 0 saturated carbocycles. The molecule has 0 radical (unpaired) electrons. The number of benzene rings is 8. The molecule has 2 atom stereocenters. The molecule has 0 spiro atoms. The molecule has 8 aromatic carbocycles. The van der Waals surface area contributed by atoms with Gasteiger partial charge in [-0.3, -0.25) is 0 Å². The molecule has 0 bridgehead atoms. The maximum absolute atomic E-state index is 4.51. The van der Waals surface area contributed by atoms with E-state index in [1.54, 1.807) is 22.3 Å². The molecule has 78 heavy (non-hydrogen) atoms. The zero-order chi connectivity index (χ0) is 55.6. The molecule has 0 fully saturated rings. The van der Waals surface area contributed by atoms with Crippen molar-refractivity contribution in [2.45, 2.75) is 147 Å². The molecule has 0 nitrogen and oxygen atoms in total. The molecule has 0 N–H and O–H groups in total. The fourth-order valence-electron chi connectivity index (χ4n) is 13.4. The third-order valence-corrected chi connectivity index (χ3v) is 35.2. The fraction of sp³-hybridized carbons (Fsp3) is 0.316. The summed E-state index contributed by atoms with van der Waals surface area (Å²) in [6, 6.07) is 71.0. The van der Waals surface area contributed by atoms with Gasteiger partial charge in [-0.1, -0.05) is 0 Å². The van der Waals surface area contributed by atoms with Crippen molar-refractivity contribution >= 4 is 19.0 Å². The zero-order valence-electron chi connectivity index (χ0n) is 49.7. The van der Waals surface area contributed by atoms with Crippen LogP contribution in [0.15, 0.2) is 193 Å². The number of hydrogen-bond acceptors (Lipinski definition) is 0. The molecule has 398 valence electrons. The molecule has 2 heteroatoms. The quantitative estimate of drug-likeness (QED) is 0.107. The van der Waals surface area contributed by atoms with Crippen LogP contribution in [-0.4, -0.2) is 6.88 Å². The fourth-order valence-corrected chi connectivity index (χ4v) is 33.0. The summed E-state index contributed by atoms with van der Waals surface area (Å²) in [6.07, 6.45) is 9.49. The van der Waals surface area contributed by atoms with Gasteiger partial charge in [0, 0.05) is 0 Å². The number of aryl methyl sites for hydroxylation is 2. The van der Waals surface area contributed by atoms with Crippen molar-refractivity contribution in [1.29, 1.82) is 0 Å². The predicted molar refractivity (Wildman–Crippen MR) is 341 cm³/mol. The van der Waals surface area contributed by atoms with Crippen LogP contribution in [-0.2, 0) is 51.9 Å². The van der Waals surface area contributed by atoms with Crippen LogP contribution in [0.2, 0.25) is 9.26 Å².